The molecule has 0 unspecified atom stereocenters. The van der Waals surface area contributed by atoms with E-state index in [2.05, 4.69) is 15.9 Å². The third-order valence-corrected chi connectivity index (χ3v) is 3.29. The van der Waals surface area contributed by atoms with Gasteiger partial charge in [0.25, 0.3) is 5.91 Å². The summed E-state index contributed by atoms with van der Waals surface area (Å²) in [4.78, 5) is 13.2. The molecule has 0 saturated heterocycles. The Balaban J connectivity index is 2.38. The second-order valence-electron chi connectivity index (χ2n) is 3.87. The summed E-state index contributed by atoms with van der Waals surface area (Å²) in [6.45, 7) is 0. The second-order valence-corrected chi connectivity index (χ2v) is 4.72. The molecule has 86 valence electrons. The number of carbonyl (C=O) groups excluding carboxylic acids is 1. The molecule has 1 aromatic rings. The van der Waals surface area contributed by atoms with Crippen LogP contribution in [-0.4, -0.2) is 23.9 Å². The number of halogens is 3. The minimum atomic E-state index is -0.836. The van der Waals surface area contributed by atoms with Gasteiger partial charge in [-0.2, -0.15) is 0 Å². The molecule has 0 bridgehead atoms. The maximum atomic E-state index is 13.6. The van der Waals surface area contributed by atoms with E-state index in [-0.39, 0.29) is 10.5 Å². The molecule has 0 radical (unpaired) electrons. The third kappa shape index (κ3) is 1.96. The van der Waals surface area contributed by atoms with Gasteiger partial charge in [0.05, 0.1) is 4.47 Å². The van der Waals surface area contributed by atoms with E-state index in [9.17, 15) is 13.6 Å². The summed E-state index contributed by atoms with van der Waals surface area (Å²) >= 11 is 2.94. The Morgan fingerprint density at radius 2 is 2.06 bits per heavy atom. The van der Waals surface area contributed by atoms with Gasteiger partial charge in [-0.25, -0.2) is 8.78 Å². The summed E-state index contributed by atoms with van der Waals surface area (Å²) in [6.07, 6.45) is 1.80. The maximum Gasteiger partial charge on any atom is 0.259 e. The fourth-order valence-corrected chi connectivity index (χ4v) is 1.86. The zero-order valence-electron chi connectivity index (χ0n) is 8.64. The highest BCUT2D eigenvalue weighted by Gasteiger charge is 2.32. The van der Waals surface area contributed by atoms with Gasteiger partial charge in [0, 0.05) is 13.1 Å². The minimum absolute atomic E-state index is 0.0986. The van der Waals surface area contributed by atoms with Crippen LogP contribution in [0.5, 0.6) is 0 Å². The number of benzene rings is 1. The van der Waals surface area contributed by atoms with Crippen LogP contribution in [0.25, 0.3) is 0 Å². The molecule has 0 atom stereocenters. The normalized spacial score (nSPS) is 15.0. The van der Waals surface area contributed by atoms with Crippen molar-refractivity contribution in [3.8, 4) is 0 Å². The van der Waals surface area contributed by atoms with Crippen LogP contribution in [0.2, 0.25) is 0 Å². The van der Waals surface area contributed by atoms with Crippen molar-refractivity contribution in [2.24, 2.45) is 0 Å². The summed E-state index contributed by atoms with van der Waals surface area (Å²) in [7, 11) is 1.57. The lowest BCUT2D eigenvalue weighted by molar-refractivity contribution is 0.0775. The predicted molar refractivity (Wildman–Crippen MR) is 59.2 cm³/mol. The Kier molecular flexibility index (Phi) is 2.97. The van der Waals surface area contributed by atoms with Crippen molar-refractivity contribution in [2.75, 3.05) is 7.05 Å². The van der Waals surface area contributed by atoms with E-state index in [1.54, 1.807) is 7.05 Å². The summed E-state index contributed by atoms with van der Waals surface area (Å²) in [6, 6.07) is 2.46. The lowest BCUT2D eigenvalue weighted by Gasteiger charge is -2.17. The van der Waals surface area contributed by atoms with Gasteiger partial charge in [-0.05, 0) is 40.9 Å². The molecule has 1 fully saturated rings. The number of hydrogen-bond acceptors (Lipinski definition) is 1. The van der Waals surface area contributed by atoms with Crippen LogP contribution < -0.4 is 0 Å². The largest absolute Gasteiger partial charge is 0.339 e. The molecule has 2 nitrogen and oxygen atoms in total. The topological polar surface area (TPSA) is 20.3 Å². The molecule has 2 rings (SSSR count). The number of rotatable bonds is 2. The van der Waals surface area contributed by atoms with E-state index in [4.69, 9.17) is 0 Å². The first-order chi connectivity index (χ1) is 7.52. The summed E-state index contributed by atoms with van der Waals surface area (Å²) in [5.41, 5.74) is -0.483. The van der Waals surface area contributed by atoms with E-state index >= 15 is 0 Å². The lowest BCUT2D eigenvalue weighted by Crippen LogP contribution is -2.30. The van der Waals surface area contributed by atoms with Crippen molar-refractivity contribution in [1.82, 2.24) is 4.90 Å². The van der Waals surface area contributed by atoms with Gasteiger partial charge in [0.1, 0.15) is 11.4 Å². The van der Waals surface area contributed by atoms with Crippen molar-refractivity contribution in [3.05, 3.63) is 33.8 Å². The first-order valence-electron chi connectivity index (χ1n) is 4.93. The second kappa shape index (κ2) is 4.13. The average molecular weight is 290 g/mol. The molecule has 0 spiro atoms. The van der Waals surface area contributed by atoms with E-state index < -0.39 is 23.1 Å². The first kappa shape index (κ1) is 11.5. The first-order valence-corrected chi connectivity index (χ1v) is 5.72. The van der Waals surface area contributed by atoms with Crippen molar-refractivity contribution < 1.29 is 13.6 Å². The molecule has 1 saturated carbocycles. The highest BCUT2D eigenvalue weighted by Crippen LogP contribution is 2.29. The van der Waals surface area contributed by atoms with Crippen LogP contribution in [0.3, 0.4) is 0 Å². The van der Waals surface area contributed by atoms with E-state index in [1.165, 1.54) is 11.0 Å². The molecule has 1 aliphatic rings. The molecular formula is C11H10BrF2NO. The SMILES string of the molecule is CN(C(=O)c1c(F)ccc(Br)c1F)C1CC1. The highest BCUT2D eigenvalue weighted by atomic mass is 79.9. The molecule has 16 heavy (non-hydrogen) atoms. The lowest BCUT2D eigenvalue weighted by atomic mass is 10.1. The molecule has 0 N–H and O–H groups in total. The Labute approximate surface area is 100 Å². The van der Waals surface area contributed by atoms with Gasteiger partial charge in [0.2, 0.25) is 0 Å². The number of carbonyl (C=O) groups is 1. The third-order valence-electron chi connectivity index (χ3n) is 2.67. The number of hydrogen-bond donors (Lipinski definition) is 0. The van der Waals surface area contributed by atoms with E-state index in [0.717, 1.165) is 18.9 Å². The molecule has 5 heteroatoms. The standard InChI is InChI=1S/C11H10BrF2NO/c1-15(6-2-3-6)11(16)9-8(13)5-4-7(12)10(9)14/h4-6H,2-3H2,1H3. The summed E-state index contributed by atoms with van der Waals surface area (Å²) in [5.74, 6) is -2.26. The van der Waals surface area contributed by atoms with Crippen molar-refractivity contribution in [1.29, 1.82) is 0 Å². The van der Waals surface area contributed by atoms with Crippen molar-refractivity contribution >= 4 is 21.8 Å². The molecule has 0 heterocycles. The Morgan fingerprint density at radius 1 is 1.44 bits per heavy atom. The van der Waals surface area contributed by atoms with Crippen molar-refractivity contribution in [3.63, 3.8) is 0 Å². The summed E-state index contributed by atoms with van der Waals surface area (Å²) < 4.78 is 27.1. The quantitative estimate of drug-likeness (QED) is 0.767. The van der Waals surface area contributed by atoms with Crippen LogP contribution >= 0.6 is 15.9 Å². The van der Waals surface area contributed by atoms with Crippen LogP contribution in [-0.2, 0) is 0 Å². The highest BCUT2D eigenvalue weighted by molar-refractivity contribution is 9.10. The summed E-state index contributed by atoms with van der Waals surface area (Å²) in [5, 5.41) is 0. The molecule has 0 aliphatic heterocycles. The zero-order chi connectivity index (χ0) is 11.9. The Bertz CT molecular complexity index is 446. The van der Waals surface area contributed by atoms with Crippen molar-refractivity contribution in [2.45, 2.75) is 18.9 Å². The molecule has 1 aromatic carbocycles. The van der Waals surface area contributed by atoms with Gasteiger partial charge >= 0.3 is 0 Å². The van der Waals surface area contributed by atoms with Crippen LogP contribution in [0, 0.1) is 11.6 Å². The molecular weight excluding hydrogens is 280 g/mol. The minimum Gasteiger partial charge on any atom is -0.339 e. The molecule has 0 aromatic heterocycles. The smallest absolute Gasteiger partial charge is 0.259 e. The van der Waals surface area contributed by atoms with Crippen LogP contribution in [0.1, 0.15) is 23.2 Å². The van der Waals surface area contributed by atoms with Gasteiger partial charge in [-0.1, -0.05) is 0 Å². The fourth-order valence-electron chi connectivity index (χ4n) is 1.53. The number of nitrogens with zero attached hydrogens (tertiary/aromatic N) is 1. The maximum absolute atomic E-state index is 13.6. The fraction of sp³-hybridized carbons (Fsp3) is 0.364. The Morgan fingerprint density at radius 3 is 2.62 bits per heavy atom. The van der Waals surface area contributed by atoms with Gasteiger partial charge in [-0.3, -0.25) is 4.79 Å². The van der Waals surface area contributed by atoms with E-state index in [0.29, 0.717) is 0 Å². The monoisotopic (exact) mass is 289 g/mol. The van der Waals surface area contributed by atoms with Crippen LogP contribution in [0.15, 0.2) is 16.6 Å². The van der Waals surface area contributed by atoms with Crippen LogP contribution in [0.4, 0.5) is 8.78 Å². The number of amides is 1. The molecule has 1 aliphatic carbocycles. The molecule has 1 amide bonds. The predicted octanol–water partition coefficient (Wildman–Crippen LogP) is 2.96. The Hall–Kier alpha value is -0.970. The zero-order valence-corrected chi connectivity index (χ0v) is 10.2. The van der Waals surface area contributed by atoms with Gasteiger partial charge < -0.3 is 4.90 Å². The van der Waals surface area contributed by atoms with E-state index in [1.807, 2.05) is 0 Å². The average Bonchev–Trinajstić information content (AvgIpc) is 3.06. The van der Waals surface area contributed by atoms with Gasteiger partial charge in [-0.15, -0.1) is 0 Å². The van der Waals surface area contributed by atoms with Gasteiger partial charge in [0.15, 0.2) is 5.82 Å².